The molecule has 24 heavy (non-hydrogen) atoms. The summed E-state index contributed by atoms with van der Waals surface area (Å²) in [6, 6.07) is 0. The molecule has 1 rings (SSSR count). The standard InChI is InChI=1S/C12H27N4.3CH3.3ClH.FH.Ti/c1-5-13-7-2-9-15-11-4-12-16-10-3-8-14-6-1;;;;;;;;/h13-15H,1-12H2;3*1H3;4*1H;/q-1;;;;;;;;+2/p-1. The molecule has 0 amide bonds. The van der Waals surface area contributed by atoms with Crippen molar-refractivity contribution in [2.75, 3.05) is 52.4 Å². The first-order valence-corrected chi connectivity index (χ1v) is 14.6. The molecule has 0 saturated carbocycles. The molecule has 0 unspecified atom stereocenters. The van der Waals surface area contributed by atoms with Gasteiger partial charge in [-0.05, 0) is 0 Å². The summed E-state index contributed by atoms with van der Waals surface area (Å²) in [4.78, 5) is 0. The van der Waals surface area contributed by atoms with Crippen molar-refractivity contribution in [1.82, 2.24) is 19.3 Å². The van der Waals surface area contributed by atoms with Gasteiger partial charge in [0.05, 0.1) is 0 Å². The Balaban J connectivity index is -0.00000147. The van der Waals surface area contributed by atoms with Gasteiger partial charge in [0.1, 0.15) is 0 Å². The van der Waals surface area contributed by atoms with Crippen molar-refractivity contribution >= 4 is 37.2 Å². The van der Waals surface area contributed by atoms with Crippen LogP contribution in [0.15, 0.2) is 0 Å². The van der Waals surface area contributed by atoms with E-state index in [0.29, 0.717) is 0 Å². The van der Waals surface area contributed by atoms with Crippen LogP contribution in [0.25, 0.3) is 0 Å². The second-order valence-corrected chi connectivity index (χ2v) is 17.3. The van der Waals surface area contributed by atoms with Crippen molar-refractivity contribution < 1.29 is 19.2 Å². The van der Waals surface area contributed by atoms with Gasteiger partial charge in [-0.3, -0.25) is 0 Å². The molecule has 0 spiro atoms. The zero-order valence-corrected chi connectivity index (χ0v) is 19.5. The maximum atomic E-state index is 15.0. The third kappa shape index (κ3) is 15.6. The average Bonchev–Trinajstić information content (AvgIpc) is 2.36. The Labute approximate surface area is 168 Å². The van der Waals surface area contributed by atoms with E-state index in [4.69, 9.17) is 0 Å². The normalized spacial score (nSPS) is 21.9. The van der Waals surface area contributed by atoms with E-state index in [1.54, 1.807) is 0 Å². The topological polar surface area (TPSA) is 39.3 Å². The van der Waals surface area contributed by atoms with E-state index in [1.807, 2.05) is 15.7 Å². The molecule has 0 aromatic heterocycles. The molecule has 4 nitrogen and oxygen atoms in total. The van der Waals surface area contributed by atoms with Gasteiger partial charge >= 0.3 is 132 Å². The number of hydrogen-bond donors (Lipinski definition) is 3. The van der Waals surface area contributed by atoms with Crippen molar-refractivity contribution in [1.29, 1.82) is 0 Å². The van der Waals surface area contributed by atoms with Gasteiger partial charge in [0.15, 0.2) is 0 Å². The molecular weight excluding hydrogens is 409 g/mol. The fraction of sp³-hybridized carbons (Fsp3) is 1.00. The van der Waals surface area contributed by atoms with Crippen molar-refractivity contribution in [3.05, 3.63) is 0 Å². The van der Waals surface area contributed by atoms with Crippen LogP contribution in [0, 0.1) is 0 Å². The summed E-state index contributed by atoms with van der Waals surface area (Å²) in [5.74, 6) is 0. The van der Waals surface area contributed by atoms with Crippen LogP contribution in [0.3, 0.4) is 0 Å². The summed E-state index contributed by atoms with van der Waals surface area (Å²) in [6.45, 7) is 8.06. The van der Waals surface area contributed by atoms with Gasteiger partial charge in [-0.15, -0.1) is 37.2 Å². The summed E-state index contributed by atoms with van der Waals surface area (Å²) in [5.41, 5.74) is 0. The quantitative estimate of drug-likeness (QED) is 0.537. The zero-order chi connectivity index (χ0) is 15.6. The molecule has 9 heteroatoms. The fourth-order valence-corrected chi connectivity index (χ4v) is 5.56. The Morgan fingerprint density at radius 1 is 0.625 bits per heavy atom. The molecule has 1 fully saturated rings. The van der Waals surface area contributed by atoms with Crippen LogP contribution in [-0.4, -0.2) is 55.7 Å². The van der Waals surface area contributed by atoms with E-state index < -0.39 is 16.1 Å². The van der Waals surface area contributed by atoms with Crippen LogP contribution < -0.4 is 16.0 Å². The Morgan fingerprint density at radius 2 is 0.917 bits per heavy atom. The molecule has 151 valence electrons. The van der Waals surface area contributed by atoms with Crippen molar-refractivity contribution in [2.45, 2.75) is 41.4 Å². The number of nitrogens with one attached hydrogen (secondary N) is 3. The summed E-state index contributed by atoms with van der Waals surface area (Å²) >= 11 is -3.81. The SMILES string of the molecule is Cl.Cl.Cl.[CH3][Ti]([CH3])([CH3])([F])[N]1CCCNCCCNCCCNCCC1. The first-order valence-electron chi connectivity index (χ1n) is 8.67. The molecule has 3 N–H and O–H groups in total. The van der Waals surface area contributed by atoms with Crippen LogP contribution in [-0.2, 0) is 16.1 Å². The van der Waals surface area contributed by atoms with E-state index in [1.165, 1.54) is 12.8 Å². The second-order valence-electron chi connectivity index (χ2n) is 7.47. The van der Waals surface area contributed by atoms with Crippen molar-refractivity contribution in [2.24, 2.45) is 0 Å². The van der Waals surface area contributed by atoms with Gasteiger partial charge in [0.2, 0.25) is 0 Å². The van der Waals surface area contributed by atoms with Crippen molar-refractivity contribution in [3.63, 3.8) is 0 Å². The van der Waals surface area contributed by atoms with Gasteiger partial charge < -0.3 is 0 Å². The molecule has 1 heterocycles. The van der Waals surface area contributed by atoms with Crippen LogP contribution in [0.1, 0.15) is 25.7 Å². The number of nitrogens with zero attached hydrogens (tertiary/aromatic N) is 1. The summed E-state index contributed by atoms with van der Waals surface area (Å²) in [7, 11) is 0. The van der Waals surface area contributed by atoms with Gasteiger partial charge in [0.25, 0.3) is 0 Å². The molecule has 0 radical (unpaired) electrons. The predicted octanol–water partition coefficient (Wildman–Crippen LogP) is 3.53. The molecule has 1 saturated heterocycles. The summed E-state index contributed by atoms with van der Waals surface area (Å²) in [6.07, 6.45) is 4.41. The number of rotatable bonds is 1. The van der Waals surface area contributed by atoms with Gasteiger partial charge in [-0.25, -0.2) is 0 Å². The first kappa shape index (κ1) is 30.1. The molecule has 0 atom stereocenters. The average molecular weight is 449 g/mol. The Hall–Kier alpha value is 1.35. The predicted molar refractivity (Wildman–Crippen MR) is 109 cm³/mol. The molecule has 0 aromatic rings. The molecule has 0 aromatic carbocycles. The monoisotopic (exact) mass is 447 g/mol. The molecular formula is C15H39Cl3FN4Ti. The van der Waals surface area contributed by atoms with E-state index in [-0.39, 0.29) is 37.2 Å². The number of hydrogen-bond acceptors (Lipinski definition) is 4. The van der Waals surface area contributed by atoms with E-state index >= 15 is 3.09 Å². The van der Waals surface area contributed by atoms with Gasteiger partial charge in [-0.1, -0.05) is 0 Å². The van der Waals surface area contributed by atoms with Crippen LogP contribution in [0.5, 0.6) is 0 Å². The summed E-state index contributed by atoms with van der Waals surface area (Å²) < 4.78 is 17.2. The Bertz CT molecular complexity index is 268. The van der Waals surface area contributed by atoms with E-state index in [0.717, 1.165) is 65.2 Å². The molecule has 1 aliphatic rings. The van der Waals surface area contributed by atoms with Crippen LogP contribution in [0.4, 0.5) is 3.09 Å². The van der Waals surface area contributed by atoms with E-state index in [9.17, 15) is 0 Å². The van der Waals surface area contributed by atoms with E-state index in [2.05, 4.69) is 19.3 Å². The fourth-order valence-electron chi connectivity index (χ4n) is 2.71. The molecule has 0 aliphatic carbocycles. The van der Waals surface area contributed by atoms with Gasteiger partial charge in [0, 0.05) is 0 Å². The molecule has 1 aliphatic heterocycles. The minimum atomic E-state index is -3.81. The van der Waals surface area contributed by atoms with Gasteiger partial charge in [-0.2, -0.15) is 0 Å². The van der Waals surface area contributed by atoms with Crippen molar-refractivity contribution in [3.8, 4) is 0 Å². The number of halogens is 4. The molecule has 0 bridgehead atoms. The third-order valence-electron chi connectivity index (χ3n) is 4.05. The Kier molecular flexibility index (Phi) is 19.3. The Morgan fingerprint density at radius 3 is 1.21 bits per heavy atom. The maximum absolute atomic E-state index is 15.0. The first-order chi connectivity index (χ1) is 9.86. The minimum absolute atomic E-state index is 0. The summed E-state index contributed by atoms with van der Waals surface area (Å²) in [5, 5.41) is 16.0. The third-order valence-corrected chi connectivity index (χ3v) is 8.08. The zero-order valence-electron chi connectivity index (χ0n) is 15.5. The second kappa shape index (κ2) is 15.4. The van der Waals surface area contributed by atoms with Crippen LogP contribution >= 0.6 is 37.2 Å². The van der Waals surface area contributed by atoms with Crippen LogP contribution in [0.2, 0.25) is 15.7 Å².